The molecule has 0 bridgehead atoms. The van der Waals surface area contributed by atoms with Gasteiger partial charge < -0.3 is 10.1 Å². The van der Waals surface area contributed by atoms with Crippen molar-refractivity contribution in [3.05, 3.63) is 12.0 Å². The average Bonchev–Trinajstić information content (AvgIpc) is 2.35. The highest BCUT2D eigenvalue weighted by atomic mass is 19.1. The lowest BCUT2D eigenvalue weighted by Gasteiger charge is -2.09. The molecule has 0 aliphatic rings. The first-order chi connectivity index (χ1) is 8.63. The van der Waals surface area contributed by atoms with E-state index in [1.165, 1.54) is 0 Å². The van der Waals surface area contributed by atoms with Crippen molar-refractivity contribution >= 4 is 11.8 Å². The van der Waals surface area contributed by atoms with Crippen molar-refractivity contribution in [1.29, 1.82) is 0 Å². The van der Waals surface area contributed by atoms with Gasteiger partial charge in [0.15, 0.2) is 11.6 Å². The number of nitrogens with zero attached hydrogens (tertiary/aromatic N) is 2. The molecule has 0 aliphatic carbocycles. The predicted molar refractivity (Wildman–Crippen MR) is 68.6 cm³/mol. The molecule has 6 nitrogen and oxygen atoms in total. The third-order valence-electron chi connectivity index (χ3n) is 2.08. The van der Waals surface area contributed by atoms with Gasteiger partial charge in [-0.15, -0.1) is 0 Å². The Morgan fingerprint density at radius 2 is 2.28 bits per heavy atom. The van der Waals surface area contributed by atoms with Crippen LogP contribution >= 0.6 is 0 Å². The molecule has 0 aromatic carbocycles. The first kappa shape index (κ1) is 14.6. The largest absolute Gasteiger partial charge is 0.381 e. The first-order valence-electron chi connectivity index (χ1n) is 5.94. The highest BCUT2D eigenvalue weighted by Gasteiger charge is 2.05. The van der Waals surface area contributed by atoms with Crippen LogP contribution in [0.2, 0.25) is 0 Å². The van der Waals surface area contributed by atoms with E-state index in [1.54, 1.807) is 0 Å². The minimum atomic E-state index is -0.503. The van der Waals surface area contributed by atoms with Gasteiger partial charge in [0.1, 0.15) is 0 Å². The molecule has 102 valence electrons. The molecule has 1 rings (SSSR count). The summed E-state index contributed by atoms with van der Waals surface area (Å²) in [5.41, 5.74) is 2.26. The summed E-state index contributed by atoms with van der Waals surface area (Å²) >= 11 is 0. The predicted octanol–water partition coefficient (Wildman–Crippen LogP) is 1.38. The molecule has 0 spiro atoms. The number of nitrogens with two attached hydrogens (primary N) is 1. The number of rotatable bonds is 8. The molecule has 1 aromatic rings. The van der Waals surface area contributed by atoms with Gasteiger partial charge in [-0.25, -0.2) is 15.2 Å². The van der Waals surface area contributed by atoms with Gasteiger partial charge in [-0.05, 0) is 12.3 Å². The molecule has 7 heteroatoms. The summed E-state index contributed by atoms with van der Waals surface area (Å²) in [6.45, 7) is 6.14. The Morgan fingerprint density at radius 1 is 1.50 bits per heavy atom. The van der Waals surface area contributed by atoms with Crippen LogP contribution in [-0.2, 0) is 4.74 Å². The molecule has 0 radical (unpaired) electrons. The second kappa shape index (κ2) is 7.78. The minimum Gasteiger partial charge on any atom is -0.381 e. The minimum absolute atomic E-state index is 0.141. The van der Waals surface area contributed by atoms with Crippen LogP contribution in [0.3, 0.4) is 0 Å². The van der Waals surface area contributed by atoms with Crippen molar-refractivity contribution in [1.82, 2.24) is 9.97 Å². The van der Waals surface area contributed by atoms with Gasteiger partial charge in [0.25, 0.3) is 0 Å². The number of hydrogen-bond acceptors (Lipinski definition) is 6. The number of anilines is 2. The van der Waals surface area contributed by atoms with Gasteiger partial charge in [-0.2, -0.15) is 4.98 Å². The fraction of sp³-hybridized carbons (Fsp3) is 0.636. The number of nitrogen functional groups attached to an aromatic ring is 1. The Morgan fingerprint density at radius 3 is 2.94 bits per heavy atom. The van der Waals surface area contributed by atoms with E-state index >= 15 is 0 Å². The summed E-state index contributed by atoms with van der Waals surface area (Å²) in [7, 11) is 0. The number of hydrogen-bond donors (Lipinski definition) is 3. The Bertz CT molecular complexity index is 361. The zero-order valence-electron chi connectivity index (χ0n) is 10.7. The van der Waals surface area contributed by atoms with Crippen molar-refractivity contribution in [2.75, 3.05) is 30.5 Å². The topological polar surface area (TPSA) is 85.1 Å². The summed E-state index contributed by atoms with van der Waals surface area (Å²) in [6, 6.07) is 0. The Kier molecular flexibility index (Phi) is 6.31. The van der Waals surface area contributed by atoms with Crippen LogP contribution in [0.4, 0.5) is 16.2 Å². The monoisotopic (exact) mass is 257 g/mol. The molecule has 0 saturated heterocycles. The van der Waals surface area contributed by atoms with Crippen molar-refractivity contribution in [2.45, 2.75) is 20.3 Å². The maximum atomic E-state index is 13.3. The molecule has 4 N–H and O–H groups in total. The van der Waals surface area contributed by atoms with Gasteiger partial charge in [-0.1, -0.05) is 13.8 Å². The van der Waals surface area contributed by atoms with E-state index in [1.807, 2.05) is 0 Å². The number of halogens is 1. The van der Waals surface area contributed by atoms with E-state index in [0.29, 0.717) is 19.1 Å². The zero-order valence-corrected chi connectivity index (χ0v) is 10.7. The average molecular weight is 257 g/mol. The van der Waals surface area contributed by atoms with Crippen molar-refractivity contribution in [3.63, 3.8) is 0 Å². The molecule has 1 aromatic heterocycles. The lowest BCUT2D eigenvalue weighted by Crippen LogP contribution is -2.14. The molecular formula is C11H20FN5O. The van der Waals surface area contributed by atoms with Crippen LogP contribution < -0.4 is 16.6 Å². The van der Waals surface area contributed by atoms with Gasteiger partial charge in [-0.3, -0.25) is 5.43 Å². The van der Waals surface area contributed by atoms with Crippen molar-refractivity contribution in [3.8, 4) is 0 Å². The third-order valence-corrected chi connectivity index (χ3v) is 2.08. The zero-order chi connectivity index (χ0) is 13.4. The number of hydrazine groups is 1. The molecule has 0 aliphatic heterocycles. The quantitative estimate of drug-likeness (QED) is 0.370. The molecule has 0 unspecified atom stereocenters. The molecule has 0 fully saturated rings. The molecule has 0 amide bonds. The van der Waals surface area contributed by atoms with Crippen LogP contribution in [0, 0.1) is 11.7 Å². The molecule has 0 atom stereocenters. The lowest BCUT2D eigenvalue weighted by molar-refractivity contribution is 0.110. The van der Waals surface area contributed by atoms with Crippen LogP contribution in [0.25, 0.3) is 0 Å². The number of aromatic nitrogens is 2. The summed E-state index contributed by atoms with van der Waals surface area (Å²) in [5.74, 6) is 5.48. The summed E-state index contributed by atoms with van der Waals surface area (Å²) in [4.78, 5) is 7.51. The highest BCUT2D eigenvalue weighted by Crippen LogP contribution is 2.10. The summed E-state index contributed by atoms with van der Waals surface area (Å²) in [6.07, 6.45) is 1.85. The molecular weight excluding hydrogens is 237 g/mol. The SMILES string of the molecule is CC(C)COCCCNc1nc(NN)ncc1F. The summed E-state index contributed by atoms with van der Waals surface area (Å²) in [5, 5.41) is 2.87. The summed E-state index contributed by atoms with van der Waals surface area (Å²) < 4.78 is 18.7. The Labute approximate surface area is 106 Å². The standard InChI is InChI=1S/C11H20FN5O/c1-8(2)7-18-5-3-4-14-10-9(12)6-15-11(16-10)17-13/h6,8H,3-5,7,13H2,1-2H3,(H2,14,15,16,17). The molecule has 1 heterocycles. The number of ether oxygens (including phenoxy) is 1. The fourth-order valence-electron chi connectivity index (χ4n) is 1.26. The van der Waals surface area contributed by atoms with E-state index in [2.05, 4.69) is 34.6 Å². The van der Waals surface area contributed by atoms with Crippen LogP contribution in [0.15, 0.2) is 6.20 Å². The highest BCUT2D eigenvalue weighted by molar-refractivity contribution is 5.40. The second-order valence-electron chi connectivity index (χ2n) is 4.28. The smallest absolute Gasteiger partial charge is 0.239 e. The van der Waals surface area contributed by atoms with Crippen LogP contribution in [-0.4, -0.2) is 29.7 Å². The first-order valence-corrected chi connectivity index (χ1v) is 5.94. The Balaban J connectivity index is 2.26. The van der Waals surface area contributed by atoms with Crippen molar-refractivity contribution < 1.29 is 9.13 Å². The Hall–Kier alpha value is -1.47. The van der Waals surface area contributed by atoms with Crippen LogP contribution in [0.1, 0.15) is 20.3 Å². The van der Waals surface area contributed by atoms with Gasteiger partial charge in [0, 0.05) is 19.8 Å². The molecule has 18 heavy (non-hydrogen) atoms. The number of nitrogens with one attached hydrogen (secondary N) is 2. The van der Waals surface area contributed by atoms with E-state index in [4.69, 9.17) is 10.6 Å². The van der Waals surface area contributed by atoms with Gasteiger partial charge in [0.05, 0.1) is 6.20 Å². The maximum absolute atomic E-state index is 13.3. The van der Waals surface area contributed by atoms with E-state index in [0.717, 1.165) is 19.2 Å². The van der Waals surface area contributed by atoms with E-state index < -0.39 is 5.82 Å². The second-order valence-corrected chi connectivity index (χ2v) is 4.28. The fourth-order valence-corrected chi connectivity index (χ4v) is 1.26. The third kappa shape index (κ3) is 5.24. The van der Waals surface area contributed by atoms with Crippen molar-refractivity contribution in [2.24, 2.45) is 11.8 Å². The van der Waals surface area contributed by atoms with Gasteiger partial charge >= 0.3 is 0 Å². The maximum Gasteiger partial charge on any atom is 0.239 e. The van der Waals surface area contributed by atoms with Gasteiger partial charge in [0.2, 0.25) is 5.95 Å². The lowest BCUT2D eigenvalue weighted by atomic mass is 10.2. The normalized spacial score (nSPS) is 10.7. The van der Waals surface area contributed by atoms with Crippen LogP contribution in [0.5, 0.6) is 0 Å². The molecule has 0 saturated carbocycles. The van der Waals surface area contributed by atoms with E-state index in [9.17, 15) is 4.39 Å². The van der Waals surface area contributed by atoms with E-state index in [-0.39, 0.29) is 11.8 Å².